The molecule has 0 radical (unpaired) electrons. The number of nitrogens with one attached hydrogen (secondary N) is 2. The Morgan fingerprint density at radius 2 is 1.95 bits per heavy atom. The number of carbonyl (C=O) groups excluding carboxylic acids is 1. The van der Waals surface area contributed by atoms with Crippen LogP contribution in [0.1, 0.15) is 23.8 Å². The van der Waals surface area contributed by atoms with Crippen LogP contribution in [0, 0.1) is 0 Å². The number of nitrogens with zero attached hydrogens (tertiary/aromatic N) is 2. The lowest BCUT2D eigenvalue weighted by Crippen LogP contribution is -2.14. The van der Waals surface area contributed by atoms with Crippen molar-refractivity contribution in [3.8, 4) is 0 Å². The Morgan fingerprint density at radius 3 is 2.58 bits per heavy atom. The van der Waals surface area contributed by atoms with Crippen LogP contribution in [-0.4, -0.2) is 22.4 Å². The Labute approximate surface area is 112 Å². The minimum Gasteiger partial charge on any atom is -0.369 e. The standard InChI is InChI=1S/C14H16N4O/c1-2-8-15-13-10-16-12(9-17-13)14(19)18-11-6-4-3-5-7-11/h3-7,9-10H,2,8H2,1H3,(H,15,17)(H,18,19). The van der Waals surface area contributed by atoms with Crippen LogP contribution in [0.25, 0.3) is 0 Å². The summed E-state index contributed by atoms with van der Waals surface area (Å²) in [4.78, 5) is 20.1. The second-order valence-corrected chi connectivity index (χ2v) is 4.03. The molecule has 0 atom stereocenters. The van der Waals surface area contributed by atoms with Crippen molar-refractivity contribution in [1.82, 2.24) is 9.97 Å². The van der Waals surface area contributed by atoms with Crippen molar-refractivity contribution in [2.24, 2.45) is 0 Å². The van der Waals surface area contributed by atoms with E-state index < -0.39 is 0 Å². The van der Waals surface area contributed by atoms with Crippen molar-refractivity contribution in [3.05, 3.63) is 48.4 Å². The molecule has 0 saturated heterocycles. The zero-order valence-corrected chi connectivity index (χ0v) is 10.8. The quantitative estimate of drug-likeness (QED) is 0.862. The summed E-state index contributed by atoms with van der Waals surface area (Å²) >= 11 is 0. The number of amides is 1. The molecule has 0 saturated carbocycles. The van der Waals surface area contributed by atoms with E-state index in [0.717, 1.165) is 18.7 Å². The number of carbonyl (C=O) groups is 1. The summed E-state index contributed by atoms with van der Waals surface area (Å²) in [5, 5.41) is 5.86. The SMILES string of the molecule is CCCNc1cnc(C(=O)Nc2ccccc2)cn1. The highest BCUT2D eigenvalue weighted by Crippen LogP contribution is 2.07. The molecule has 0 unspecified atom stereocenters. The van der Waals surface area contributed by atoms with Crippen molar-refractivity contribution in [3.63, 3.8) is 0 Å². The van der Waals surface area contributed by atoms with Gasteiger partial charge in [-0.05, 0) is 18.6 Å². The molecule has 0 aliphatic heterocycles. The van der Waals surface area contributed by atoms with E-state index >= 15 is 0 Å². The molecule has 0 aliphatic carbocycles. The number of hydrogen-bond donors (Lipinski definition) is 2. The molecule has 1 heterocycles. The Hall–Kier alpha value is -2.43. The average Bonchev–Trinajstić information content (AvgIpc) is 2.46. The summed E-state index contributed by atoms with van der Waals surface area (Å²) in [5.41, 5.74) is 1.04. The van der Waals surface area contributed by atoms with Gasteiger partial charge >= 0.3 is 0 Å². The normalized spacial score (nSPS) is 9.95. The predicted octanol–water partition coefficient (Wildman–Crippen LogP) is 2.55. The molecule has 1 aromatic carbocycles. The molecule has 0 aliphatic rings. The molecule has 1 amide bonds. The summed E-state index contributed by atoms with van der Waals surface area (Å²) in [5.74, 6) is 0.416. The highest BCUT2D eigenvalue weighted by molar-refractivity contribution is 6.02. The van der Waals surface area contributed by atoms with Crippen LogP contribution in [0.2, 0.25) is 0 Å². The topological polar surface area (TPSA) is 66.9 Å². The van der Waals surface area contributed by atoms with Gasteiger partial charge < -0.3 is 10.6 Å². The molecule has 19 heavy (non-hydrogen) atoms. The van der Waals surface area contributed by atoms with E-state index in [1.807, 2.05) is 30.3 Å². The molecule has 2 aromatic rings. The van der Waals surface area contributed by atoms with Crippen molar-refractivity contribution >= 4 is 17.4 Å². The zero-order valence-electron chi connectivity index (χ0n) is 10.8. The summed E-state index contributed by atoms with van der Waals surface area (Å²) in [6.45, 7) is 2.91. The van der Waals surface area contributed by atoms with Crippen LogP contribution in [0.15, 0.2) is 42.7 Å². The van der Waals surface area contributed by atoms with Crippen LogP contribution < -0.4 is 10.6 Å². The monoisotopic (exact) mass is 256 g/mol. The van der Waals surface area contributed by atoms with Crippen LogP contribution in [0.4, 0.5) is 11.5 Å². The van der Waals surface area contributed by atoms with Crippen LogP contribution >= 0.6 is 0 Å². The number of aromatic nitrogens is 2. The van der Waals surface area contributed by atoms with Gasteiger partial charge in [-0.2, -0.15) is 0 Å². The Bertz CT molecular complexity index is 525. The second-order valence-electron chi connectivity index (χ2n) is 4.03. The van der Waals surface area contributed by atoms with Gasteiger partial charge in [0.1, 0.15) is 11.5 Å². The van der Waals surface area contributed by atoms with E-state index in [1.54, 1.807) is 6.20 Å². The van der Waals surface area contributed by atoms with E-state index in [2.05, 4.69) is 27.5 Å². The number of benzene rings is 1. The van der Waals surface area contributed by atoms with Gasteiger partial charge in [-0.3, -0.25) is 4.79 Å². The van der Waals surface area contributed by atoms with Crippen molar-refractivity contribution in [2.45, 2.75) is 13.3 Å². The molecule has 5 heteroatoms. The van der Waals surface area contributed by atoms with Crippen molar-refractivity contribution < 1.29 is 4.79 Å². The van der Waals surface area contributed by atoms with E-state index in [9.17, 15) is 4.79 Å². The van der Waals surface area contributed by atoms with Gasteiger partial charge in [0, 0.05) is 12.2 Å². The molecular formula is C14H16N4O. The first-order valence-electron chi connectivity index (χ1n) is 6.22. The maximum atomic E-state index is 11.9. The first-order valence-corrected chi connectivity index (χ1v) is 6.22. The highest BCUT2D eigenvalue weighted by atomic mass is 16.1. The highest BCUT2D eigenvalue weighted by Gasteiger charge is 2.07. The number of rotatable bonds is 5. The molecule has 98 valence electrons. The first-order chi connectivity index (χ1) is 9.29. The lowest BCUT2D eigenvalue weighted by Gasteiger charge is -2.05. The average molecular weight is 256 g/mol. The number of para-hydroxylation sites is 1. The summed E-state index contributed by atoms with van der Waals surface area (Å²) in [6.07, 6.45) is 4.05. The molecule has 0 spiro atoms. The number of hydrogen-bond acceptors (Lipinski definition) is 4. The summed E-state index contributed by atoms with van der Waals surface area (Å²) in [7, 11) is 0. The molecule has 0 fully saturated rings. The van der Waals surface area contributed by atoms with E-state index in [-0.39, 0.29) is 5.91 Å². The van der Waals surface area contributed by atoms with Crippen LogP contribution in [0.3, 0.4) is 0 Å². The smallest absolute Gasteiger partial charge is 0.275 e. The Balaban J connectivity index is 1.99. The fourth-order valence-corrected chi connectivity index (χ4v) is 1.51. The maximum absolute atomic E-state index is 11.9. The van der Waals surface area contributed by atoms with E-state index in [1.165, 1.54) is 6.20 Å². The van der Waals surface area contributed by atoms with Crippen molar-refractivity contribution in [2.75, 3.05) is 17.2 Å². The van der Waals surface area contributed by atoms with Gasteiger partial charge in [-0.25, -0.2) is 9.97 Å². The van der Waals surface area contributed by atoms with Gasteiger partial charge in [-0.1, -0.05) is 25.1 Å². The summed E-state index contributed by atoms with van der Waals surface area (Å²) < 4.78 is 0. The fraction of sp³-hybridized carbons (Fsp3) is 0.214. The predicted molar refractivity (Wildman–Crippen MR) is 75.2 cm³/mol. The van der Waals surface area contributed by atoms with Gasteiger partial charge in [0.25, 0.3) is 5.91 Å². The van der Waals surface area contributed by atoms with Crippen molar-refractivity contribution in [1.29, 1.82) is 0 Å². The number of anilines is 2. The minimum absolute atomic E-state index is 0.263. The third-order valence-corrected chi connectivity index (χ3v) is 2.47. The van der Waals surface area contributed by atoms with E-state index in [0.29, 0.717) is 11.5 Å². The van der Waals surface area contributed by atoms with Crippen LogP contribution in [-0.2, 0) is 0 Å². The molecule has 2 N–H and O–H groups in total. The lowest BCUT2D eigenvalue weighted by molar-refractivity contribution is 0.102. The van der Waals surface area contributed by atoms with Gasteiger partial charge in [0.15, 0.2) is 0 Å². The van der Waals surface area contributed by atoms with Gasteiger partial charge in [0.05, 0.1) is 12.4 Å². The molecule has 2 rings (SSSR count). The largest absolute Gasteiger partial charge is 0.369 e. The minimum atomic E-state index is -0.263. The third-order valence-electron chi connectivity index (χ3n) is 2.47. The van der Waals surface area contributed by atoms with Gasteiger partial charge in [-0.15, -0.1) is 0 Å². The molecule has 0 bridgehead atoms. The molecular weight excluding hydrogens is 240 g/mol. The van der Waals surface area contributed by atoms with Crippen LogP contribution in [0.5, 0.6) is 0 Å². The molecule has 5 nitrogen and oxygen atoms in total. The molecule has 1 aromatic heterocycles. The zero-order chi connectivity index (χ0) is 13.5. The second kappa shape index (κ2) is 6.49. The summed E-state index contributed by atoms with van der Waals surface area (Å²) in [6, 6.07) is 9.26. The van der Waals surface area contributed by atoms with E-state index in [4.69, 9.17) is 0 Å². The fourth-order valence-electron chi connectivity index (χ4n) is 1.51. The lowest BCUT2D eigenvalue weighted by atomic mass is 10.3. The maximum Gasteiger partial charge on any atom is 0.275 e. The Morgan fingerprint density at radius 1 is 1.16 bits per heavy atom. The Kier molecular flexibility index (Phi) is 4.44. The van der Waals surface area contributed by atoms with Gasteiger partial charge in [0.2, 0.25) is 0 Å². The third kappa shape index (κ3) is 3.77. The first kappa shape index (κ1) is 13.0.